The van der Waals surface area contributed by atoms with Crippen molar-refractivity contribution in [3.05, 3.63) is 46.3 Å². The second-order valence-corrected chi connectivity index (χ2v) is 5.72. The number of carbonyl (C=O) groups is 1. The van der Waals surface area contributed by atoms with Gasteiger partial charge in [-0.05, 0) is 44.5 Å². The fourth-order valence-corrected chi connectivity index (χ4v) is 2.85. The highest BCUT2D eigenvalue weighted by molar-refractivity contribution is 7.98. The Morgan fingerprint density at radius 1 is 1.19 bits per heavy atom. The Balaban J connectivity index is 2.21. The molecule has 2 aromatic rings. The Kier molecular flexibility index (Phi) is 4.96. The van der Waals surface area contributed by atoms with Crippen molar-refractivity contribution in [2.45, 2.75) is 31.7 Å². The minimum absolute atomic E-state index is 0.642. The summed E-state index contributed by atoms with van der Waals surface area (Å²) in [7, 11) is 1.63. The van der Waals surface area contributed by atoms with Gasteiger partial charge in [-0.1, -0.05) is 11.8 Å². The first kappa shape index (κ1) is 15.5. The minimum Gasteiger partial charge on any atom is -0.496 e. The fourth-order valence-electron chi connectivity index (χ4n) is 1.93. The van der Waals surface area contributed by atoms with E-state index in [9.17, 15) is 4.79 Å². The molecule has 0 atom stereocenters. The lowest BCUT2D eigenvalue weighted by molar-refractivity contribution is 0.112. The molecule has 0 aliphatic carbocycles. The molecule has 0 spiro atoms. The molecule has 0 saturated carbocycles. The molecule has 5 heteroatoms. The van der Waals surface area contributed by atoms with Gasteiger partial charge in [-0.2, -0.15) is 0 Å². The van der Waals surface area contributed by atoms with Crippen LogP contribution in [-0.4, -0.2) is 23.4 Å². The molecule has 1 aromatic carbocycles. The van der Waals surface area contributed by atoms with E-state index in [4.69, 9.17) is 4.74 Å². The molecular weight excluding hydrogens is 284 g/mol. The molecule has 0 aliphatic rings. The summed E-state index contributed by atoms with van der Waals surface area (Å²) >= 11 is 1.54. The van der Waals surface area contributed by atoms with E-state index in [1.807, 2.05) is 32.9 Å². The maximum absolute atomic E-state index is 10.9. The van der Waals surface area contributed by atoms with E-state index in [-0.39, 0.29) is 0 Å². The first-order valence-corrected chi connectivity index (χ1v) is 7.60. The van der Waals surface area contributed by atoms with E-state index in [2.05, 4.69) is 9.97 Å². The quantitative estimate of drug-likeness (QED) is 0.480. The number of rotatable bonds is 5. The highest BCUT2D eigenvalue weighted by Gasteiger charge is 2.09. The molecule has 0 aliphatic heterocycles. The number of hydrogen-bond acceptors (Lipinski definition) is 5. The van der Waals surface area contributed by atoms with Crippen LogP contribution in [0.5, 0.6) is 5.75 Å². The summed E-state index contributed by atoms with van der Waals surface area (Å²) < 4.78 is 5.33. The first-order valence-electron chi connectivity index (χ1n) is 6.62. The predicted octanol–water partition coefficient (Wildman–Crippen LogP) is 3.52. The van der Waals surface area contributed by atoms with Gasteiger partial charge in [0.1, 0.15) is 12.0 Å². The summed E-state index contributed by atoms with van der Waals surface area (Å²) in [4.78, 5) is 19.9. The van der Waals surface area contributed by atoms with Crippen LogP contribution in [0.2, 0.25) is 0 Å². The van der Waals surface area contributed by atoms with Gasteiger partial charge in [0.2, 0.25) is 0 Å². The molecule has 0 amide bonds. The number of thioether (sulfide) groups is 1. The third-order valence-electron chi connectivity index (χ3n) is 3.41. The van der Waals surface area contributed by atoms with E-state index in [0.717, 1.165) is 39.7 Å². The molecule has 110 valence electrons. The van der Waals surface area contributed by atoms with Gasteiger partial charge in [-0.3, -0.25) is 4.79 Å². The Hall–Kier alpha value is -1.88. The van der Waals surface area contributed by atoms with Crippen LogP contribution in [0.3, 0.4) is 0 Å². The Labute approximate surface area is 129 Å². The lowest BCUT2D eigenvalue weighted by Crippen LogP contribution is -1.99. The average Bonchev–Trinajstić information content (AvgIpc) is 2.50. The summed E-state index contributed by atoms with van der Waals surface area (Å²) in [6.07, 6.45) is 0.838. The van der Waals surface area contributed by atoms with E-state index in [1.54, 1.807) is 24.9 Å². The van der Waals surface area contributed by atoms with Crippen LogP contribution in [0.15, 0.2) is 23.4 Å². The molecular formula is C16H18N2O2S. The van der Waals surface area contributed by atoms with Crippen molar-refractivity contribution in [2.75, 3.05) is 7.11 Å². The maximum atomic E-state index is 10.9. The number of aryl methyl sites for hydroxylation is 2. The number of hydrogen-bond donors (Lipinski definition) is 0. The SMILES string of the molecule is COc1ccc(C=O)cc1CSc1nc(C)c(C)c(C)n1. The average molecular weight is 302 g/mol. The molecule has 4 nitrogen and oxygen atoms in total. The van der Waals surface area contributed by atoms with Crippen LogP contribution >= 0.6 is 11.8 Å². The van der Waals surface area contributed by atoms with Crippen molar-refractivity contribution < 1.29 is 9.53 Å². The van der Waals surface area contributed by atoms with Gasteiger partial charge in [0.25, 0.3) is 0 Å². The summed E-state index contributed by atoms with van der Waals surface area (Å²) in [6, 6.07) is 5.40. The summed E-state index contributed by atoms with van der Waals surface area (Å²) in [5.74, 6) is 1.43. The second kappa shape index (κ2) is 6.72. The molecule has 0 N–H and O–H groups in total. The highest BCUT2D eigenvalue weighted by Crippen LogP contribution is 2.27. The standard InChI is InChI=1S/C16H18N2O2S/c1-10-11(2)17-16(18-12(10)3)21-9-14-7-13(8-19)5-6-15(14)20-4/h5-8H,9H2,1-4H3. The molecule has 1 aromatic heterocycles. The lowest BCUT2D eigenvalue weighted by atomic mass is 10.1. The van der Waals surface area contributed by atoms with Crippen molar-refractivity contribution in [3.8, 4) is 5.75 Å². The molecule has 21 heavy (non-hydrogen) atoms. The van der Waals surface area contributed by atoms with E-state index in [1.165, 1.54) is 0 Å². The fraction of sp³-hybridized carbons (Fsp3) is 0.312. The first-order chi connectivity index (χ1) is 10.0. The smallest absolute Gasteiger partial charge is 0.188 e. The van der Waals surface area contributed by atoms with Crippen LogP contribution in [0.1, 0.15) is 32.9 Å². The van der Waals surface area contributed by atoms with Gasteiger partial charge in [0.15, 0.2) is 5.16 Å². The summed E-state index contributed by atoms with van der Waals surface area (Å²) in [5, 5.41) is 0.745. The van der Waals surface area contributed by atoms with E-state index >= 15 is 0 Å². The highest BCUT2D eigenvalue weighted by atomic mass is 32.2. The number of nitrogens with zero attached hydrogens (tertiary/aromatic N) is 2. The number of aromatic nitrogens is 2. The number of methoxy groups -OCH3 is 1. The normalized spacial score (nSPS) is 10.5. The van der Waals surface area contributed by atoms with Gasteiger partial charge < -0.3 is 4.74 Å². The van der Waals surface area contributed by atoms with Crippen molar-refractivity contribution in [3.63, 3.8) is 0 Å². The predicted molar refractivity (Wildman–Crippen MR) is 84.2 cm³/mol. The van der Waals surface area contributed by atoms with Crippen LogP contribution in [0, 0.1) is 20.8 Å². The van der Waals surface area contributed by atoms with E-state index < -0.39 is 0 Å². The second-order valence-electron chi connectivity index (χ2n) is 4.78. The van der Waals surface area contributed by atoms with Crippen molar-refractivity contribution in [1.82, 2.24) is 9.97 Å². The van der Waals surface area contributed by atoms with Gasteiger partial charge in [-0.25, -0.2) is 9.97 Å². The molecule has 0 saturated heterocycles. The van der Waals surface area contributed by atoms with Crippen LogP contribution < -0.4 is 4.74 Å². The lowest BCUT2D eigenvalue weighted by Gasteiger charge is -2.10. The third kappa shape index (κ3) is 3.61. The van der Waals surface area contributed by atoms with E-state index in [0.29, 0.717) is 11.3 Å². The van der Waals surface area contributed by atoms with Gasteiger partial charge in [-0.15, -0.1) is 0 Å². The largest absolute Gasteiger partial charge is 0.496 e. The zero-order valence-corrected chi connectivity index (χ0v) is 13.5. The van der Waals surface area contributed by atoms with Gasteiger partial charge in [0, 0.05) is 28.3 Å². The number of benzene rings is 1. The van der Waals surface area contributed by atoms with Crippen LogP contribution in [0.25, 0.3) is 0 Å². The van der Waals surface area contributed by atoms with Crippen molar-refractivity contribution >= 4 is 18.0 Å². The number of carbonyl (C=O) groups excluding carboxylic acids is 1. The molecule has 0 unspecified atom stereocenters. The van der Waals surface area contributed by atoms with Crippen molar-refractivity contribution in [1.29, 1.82) is 0 Å². The molecule has 2 rings (SSSR count). The molecule has 0 bridgehead atoms. The minimum atomic E-state index is 0.642. The van der Waals surface area contributed by atoms with Crippen LogP contribution in [-0.2, 0) is 5.75 Å². The summed E-state index contributed by atoms with van der Waals surface area (Å²) in [6.45, 7) is 6.00. The topological polar surface area (TPSA) is 52.1 Å². The molecule has 0 radical (unpaired) electrons. The molecule has 1 heterocycles. The zero-order valence-electron chi connectivity index (χ0n) is 12.6. The number of aldehydes is 1. The Morgan fingerprint density at radius 3 is 2.43 bits per heavy atom. The van der Waals surface area contributed by atoms with Gasteiger partial charge >= 0.3 is 0 Å². The maximum Gasteiger partial charge on any atom is 0.188 e. The summed E-state index contributed by atoms with van der Waals surface area (Å²) in [5.41, 5.74) is 4.73. The zero-order chi connectivity index (χ0) is 15.4. The van der Waals surface area contributed by atoms with Gasteiger partial charge in [0.05, 0.1) is 7.11 Å². The monoisotopic (exact) mass is 302 g/mol. The van der Waals surface area contributed by atoms with Crippen LogP contribution in [0.4, 0.5) is 0 Å². The third-order valence-corrected chi connectivity index (χ3v) is 4.31. The number of ether oxygens (including phenoxy) is 1. The Morgan fingerprint density at radius 2 is 1.86 bits per heavy atom. The Bertz CT molecular complexity index is 648. The van der Waals surface area contributed by atoms with Crippen molar-refractivity contribution in [2.24, 2.45) is 0 Å². The molecule has 0 fully saturated rings.